The molecule has 0 radical (unpaired) electrons. The second-order valence-electron chi connectivity index (χ2n) is 4.56. The number of halogens is 2. The molecule has 0 aliphatic carbocycles. The molecule has 0 saturated carbocycles. The van der Waals surface area contributed by atoms with Gasteiger partial charge < -0.3 is 9.88 Å². The van der Waals surface area contributed by atoms with E-state index in [0.29, 0.717) is 5.69 Å². The van der Waals surface area contributed by atoms with E-state index in [-0.39, 0.29) is 21.5 Å². The van der Waals surface area contributed by atoms with Crippen LogP contribution in [0.4, 0.5) is 5.69 Å². The average Bonchev–Trinajstić information content (AvgIpc) is 2.43. The summed E-state index contributed by atoms with van der Waals surface area (Å²) in [6.45, 7) is -0.296. The Morgan fingerprint density at radius 3 is 2.39 bits per heavy atom. The minimum absolute atomic E-state index is 0.0756. The Labute approximate surface area is 141 Å². The Bertz CT molecular complexity index is 908. The summed E-state index contributed by atoms with van der Waals surface area (Å²) in [7, 11) is -3.80. The van der Waals surface area contributed by atoms with Crippen LogP contribution < -0.4 is 16.0 Å². The first-order valence-corrected chi connectivity index (χ1v) is 8.45. The van der Waals surface area contributed by atoms with E-state index >= 15 is 0 Å². The predicted molar refractivity (Wildman–Crippen MR) is 87.2 cm³/mol. The van der Waals surface area contributed by atoms with Crippen molar-refractivity contribution in [3.8, 4) is 0 Å². The van der Waals surface area contributed by atoms with Crippen molar-refractivity contribution in [3.63, 3.8) is 0 Å². The molecule has 122 valence electrons. The number of anilines is 1. The first-order chi connectivity index (χ1) is 10.7. The Balaban J connectivity index is 2.13. The predicted octanol–water partition coefficient (Wildman–Crippen LogP) is 1.44. The van der Waals surface area contributed by atoms with E-state index in [1.807, 2.05) is 0 Å². The number of carbonyl (C=O) groups is 1. The first kappa shape index (κ1) is 17.5. The number of hydrogen-bond acceptors (Lipinski definition) is 4. The molecule has 0 aliphatic rings. The van der Waals surface area contributed by atoms with E-state index in [4.69, 9.17) is 28.3 Å². The molecule has 0 bridgehead atoms. The molecule has 1 heterocycles. The van der Waals surface area contributed by atoms with Crippen molar-refractivity contribution in [1.29, 1.82) is 0 Å². The highest BCUT2D eigenvalue weighted by molar-refractivity contribution is 7.89. The molecule has 2 aromatic rings. The number of aromatic nitrogens is 1. The van der Waals surface area contributed by atoms with Crippen molar-refractivity contribution in [2.75, 3.05) is 5.32 Å². The number of nitrogens with two attached hydrogens (primary N) is 1. The maximum absolute atomic E-state index is 11.9. The number of pyridine rings is 1. The number of sulfonamides is 1. The first-order valence-electron chi connectivity index (χ1n) is 6.15. The zero-order valence-electron chi connectivity index (χ0n) is 11.5. The van der Waals surface area contributed by atoms with Crippen LogP contribution in [0.15, 0.2) is 46.2 Å². The van der Waals surface area contributed by atoms with Gasteiger partial charge in [0.2, 0.25) is 15.9 Å². The van der Waals surface area contributed by atoms with Crippen LogP contribution in [0, 0.1) is 0 Å². The van der Waals surface area contributed by atoms with E-state index < -0.39 is 21.5 Å². The van der Waals surface area contributed by atoms with Gasteiger partial charge in [-0.1, -0.05) is 23.2 Å². The molecule has 2 rings (SSSR count). The van der Waals surface area contributed by atoms with Crippen LogP contribution in [0.5, 0.6) is 0 Å². The minimum atomic E-state index is -3.80. The third-order valence-electron chi connectivity index (χ3n) is 2.79. The third-order valence-corrected chi connectivity index (χ3v) is 4.20. The van der Waals surface area contributed by atoms with Crippen molar-refractivity contribution in [2.45, 2.75) is 11.4 Å². The largest absolute Gasteiger partial charge is 0.325 e. The number of amides is 1. The normalized spacial score (nSPS) is 11.3. The van der Waals surface area contributed by atoms with Gasteiger partial charge in [-0.2, -0.15) is 0 Å². The summed E-state index contributed by atoms with van der Waals surface area (Å²) in [5.41, 5.74) is -0.195. The standard InChI is InChI=1S/C13H11Cl2N3O4S/c14-8-5-11(15)13(20)18(6-8)7-12(19)17-9-1-3-10(4-2-9)23(16,21)22/h1-6H,7H2,(H,17,19)(H2,16,21,22). The lowest BCUT2D eigenvalue weighted by atomic mass is 10.3. The highest BCUT2D eigenvalue weighted by Crippen LogP contribution is 2.13. The monoisotopic (exact) mass is 375 g/mol. The molecule has 1 aromatic heterocycles. The molecule has 7 nitrogen and oxygen atoms in total. The second-order valence-corrected chi connectivity index (χ2v) is 6.96. The van der Waals surface area contributed by atoms with Gasteiger partial charge in [0.05, 0.1) is 9.92 Å². The van der Waals surface area contributed by atoms with Crippen LogP contribution in [0.25, 0.3) is 0 Å². The number of nitrogens with one attached hydrogen (secondary N) is 1. The summed E-state index contributed by atoms with van der Waals surface area (Å²) < 4.78 is 23.3. The lowest BCUT2D eigenvalue weighted by molar-refractivity contribution is -0.116. The summed E-state index contributed by atoms with van der Waals surface area (Å²) in [5.74, 6) is -0.506. The minimum Gasteiger partial charge on any atom is -0.325 e. The molecule has 0 atom stereocenters. The van der Waals surface area contributed by atoms with Crippen molar-refractivity contribution < 1.29 is 13.2 Å². The Kier molecular flexibility index (Phi) is 5.10. The SMILES string of the molecule is NS(=O)(=O)c1ccc(NC(=O)Cn2cc(Cl)cc(Cl)c2=O)cc1. The summed E-state index contributed by atoms with van der Waals surface area (Å²) in [6.07, 6.45) is 1.29. The zero-order chi connectivity index (χ0) is 17.2. The molecule has 1 aromatic carbocycles. The number of benzene rings is 1. The number of primary sulfonamides is 1. The van der Waals surface area contributed by atoms with Gasteiger partial charge in [0.1, 0.15) is 11.6 Å². The lowest BCUT2D eigenvalue weighted by Crippen LogP contribution is -2.27. The van der Waals surface area contributed by atoms with Gasteiger partial charge in [0, 0.05) is 11.9 Å². The average molecular weight is 376 g/mol. The van der Waals surface area contributed by atoms with Crippen LogP contribution in [0.2, 0.25) is 10.0 Å². The second kappa shape index (κ2) is 6.71. The Hall–Kier alpha value is -1.87. The molecular weight excluding hydrogens is 365 g/mol. The highest BCUT2D eigenvalue weighted by atomic mass is 35.5. The summed E-state index contributed by atoms with van der Waals surface area (Å²) >= 11 is 11.5. The number of nitrogens with zero attached hydrogens (tertiary/aromatic N) is 1. The van der Waals surface area contributed by atoms with Crippen molar-refractivity contribution in [2.24, 2.45) is 5.14 Å². The third kappa shape index (κ3) is 4.55. The number of carbonyl (C=O) groups excluding carboxylic acids is 1. The number of rotatable bonds is 4. The lowest BCUT2D eigenvalue weighted by Gasteiger charge is -2.08. The van der Waals surface area contributed by atoms with E-state index in [0.717, 1.165) is 4.57 Å². The quantitative estimate of drug-likeness (QED) is 0.841. The molecule has 0 unspecified atom stereocenters. The summed E-state index contributed by atoms with van der Waals surface area (Å²) in [4.78, 5) is 23.6. The van der Waals surface area contributed by atoms with Crippen LogP contribution in [-0.2, 0) is 21.4 Å². The maximum atomic E-state index is 11.9. The molecule has 23 heavy (non-hydrogen) atoms. The van der Waals surface area contributed by atoms with E-state index in [1.165, 1.54) is 36.5 Å². The molecule has 0 spiro atoms. The zero-order valence-corrected chi connectivity index (χ0v) is 13.8. The molecule has 0 aliphatic heterocycles. The van der Waals surface area contributed by atoms with Gasteiger partial charge in [0.15, 0.2) is 0 Å². The fourth-order valence-corrected chi connectivity index (χ4v) is 2.79. The molecular formula is C13H11Cl2N3O4S. The number of hydrogen-bond donors (Lipinski definition) is 2. The van der Waals surface area contributed by atoms with Crippen molar-refractivity contribution >= 4 is 44.8 Å². The van der Waals surface area contributed by atoms with Gasteiger partial charge in [0.25, 0.3) is 5.56 Å². The summed E-state index contributed by atoms with van der Waals surface area (Å²) in [5, 5.41) is 7.62. The maximum Gasteiger partial charge on any atom is 0.269 e. The fourth-order valence-electron chi connectivity index (χ4n) is 1.77. The van der Waals surface area contributed by atoms with E-state index in [9.17, 15) is 18.0 Å². The smallest absolute Gasteiger partial charge is 0.269 e. The van der Waals surface area contributed by atoms with Crippen molar-refractivity contribution in [1.82, 2.24) is 4.57 Å². The van der Waals surface area contributed by atoms with Gasteiger partial charge >= 0.3 is 0 Å². The van der Waals surface area contributed by atoms with Crippen molar-refractivity contribution in [3.05, 3.63) is 56.9 Å². The molecule has 0 saturated heterocycles. The van der Waals surface area contributed by atoms with Crippen LogP contribution in [0.1, 0.15) is 0 Å². The molecule has 3 N–H and O–H groups in total. The van der Waals surface area contributed by atoms with Gasteiger partial charge in [-0.05, 0) is 30.3 Å². The van der Waals surface area contributed by atoms with Gasteiger partial charge in [-0.25, -0.2) is 13.6 Å². The fraction of sp³-hybridized carbons (Fsp3) is 0.0769. The Morgan fingerprint density at radius 2 is 1.83 bits per heavy atom. The summed E-state index contributed by atoms with van der Waals surface area (Å²) in [6, 6.07) is 6.56. The van der Waals surface area contributed by atoms with Crippen LogP contribution in [-0.4, -0.2) is 18.9 Å². The topological polar surface area (TPSA) is 111 Å². The molecule has 1 amide bonds. The van der Waals surface area contributed by atoms with E-state index in [2.05, 4.69) is 5.32 Å². The van der Waals surface area contributed by atoms with Gasteiger partial charge in [-0.3, -0.25) is 9.59 Å². The van der Waals surface area contributed by atoms with E-state index in [1.54, 1.807) is 0 Å². The molecule has 0 fully saturated rings. The van der Waals surface area contributed by atoms with Gasteiger partial charge in [-0.15, -0.1) is 0 Å². The van der Waals surface area contributed by atoms with Crippen LogP contribution in [0.3, 0.4) is 0 Å². The highest BCUT2D eigenvalue weighted by Gasteiger charge is 2.10. The molecule has 10 heteroatoms. The van der Waals surface area contributed by atoms with Crippen LogP contribution >= 0.6 is 23.2 Å². The Morgan fingerprint density at radius 1 is 1.22 bits per heavy atom.